The monoisotopic (exact) mass is 283 g/mol. The molecule has 0 aliphatic carbocycles. The number of alkyl halides is 3. The predicted molar refractivity (Wildman–Crippen MR) is 68.7 cm³/mol. The number of carbonyl (C=O) groups excluding carboxylic acids is 1. The predicted octanol–water partition coefficient (Wildman–Crippen LogP) is 1.50. The number of carbonyl (C=O) groups is 1. The van der Waals surface area contributed by atoms with Crippen LogP contribution in [0.2, 0.25) is 0 Å². The number of nitrogens with one attached hydrogen (secondary N) is 1. The smallest absolute Gasteiger partial charge is 0.368 e. The van der Waals surface area contributed by atoms with Gasteiger partial charge in [-0.3, -0.25) is 9.69 Å². The largest absolute Gasteiger partial charge is 0.401 e. The van der Waals surface area contributed by atoms with Crippen LogP contribution in [0.15, 0.2) is 0 Å². The van der Waals surface area contributed by atoms with Crippen molar-refractivity contribution in [1.82, 2.24) is 10.2 Å². The molecule has 0 heterocycles. The lowest BCUT2D eigenvalue weighted by atomic mass is 10.1. The first-order valence-corrected chi connectivity index (χ1v) is 6.50. The van der Waals surface area contributed by atoms with Crippen LogP contribution in [0.5, 0.6) is 0 Å². The van der Waals surface area contributed by atoms with Crippen LogP contribution >= 0.6 is 0 Å². The maximum atomic E-state index is 12.4. The van der Waals surface area contributed by atoms with E-state index in [1.807, 2.05) is 6.92 Å². The Morgan fingerprint density at radius 3 is 2.32 bits per heavy atom. The van der Waals surface area contributed by atoms with Gasteiger partial charge in [-0.15, -0.1) is 0 Å². The maximum Gasteiger partial charge on any atom is 0.401 e. The molecular weight excluding hydrogens is 259 g/mol. The fourth-order valence-corrected chi connectivity index (χ4v) is 1.71. The minimum Gasteiger partial charge on any atom is -0.368 e. The van der Waals surface area contributed by atoms with Crippen LogP contribution in [0.25, 0.3) is 0 Å². The van der Waals surface area contributed by atoms with E-state index in [0.717, 1.165) is 6.42 Å². The average Bonchev–Trinajstić information content (AvgIpc) is 2.25. The molecule has 114 valence electrons. The molecule has 1 atom stereocenters. The Bertz CT molecular complexity index is 269. The third kappa shape index (κ3) is 8.83. The Morgan fingerprint density at radius 2 is 1.95 bits per heavy atom. The molecule has 0 aromatic rings. The molecule has 0 rings (SSSR count). The molecule has 0 aliphatic rings. The highest BCUT2D eigenvalue weighted by Crippen LogP contribution is 2.18. The van der Waals surface area contributed by atoms with Crippen molar-refractivity contribution in [3.05, 3.63) is 0 Å². The first kappa shape index (κ1) is 18.2. The number of hydrogen-bond acceptors (Lipinski definition) is 3. The van der Waals surface area contributed by atoms with Crippen LogP contribution in [-0.2, 0) is 4.79 Å². The average molecular weight is 283 g/mol. The Kier molecular flexibility index (Phi) is 8.01. The molecule has 0 aromatic heterocycles. The first-order valence-electron chi connectivity index (χ1n) is 6.50. The molecule has 0 bridgehead atoms. The summed E-state index contributed by atoms with van der Waals surface area (Å²) in [5.74, 6) is -0.524. The van der Waals surface area contributed by atoms with Crippen molar-refractivity contribution in [2.75, 3.05) is 19.6 Å². The molecule has 0 aliphatic heterocycles. The van der Waals surface area contributed by atoms with Gasteiger partial charge < -0.3 is 11.1 Å². The van der Waals surface area contributed by atoms with E-state index in [9.17, 15) is 18.0 Å². The fraction of sp³-hybridized carbons (Fsp3) is 0.917. The number of rotatable bonds is 9. The molecule has 3 N–H and O–H groups in total. The standard InChI is InChI=1S/C12H24F3N3O/c1-4-6-17-10(11(16)19)5-7-18(9(2)3)8-12(13,14)15/h9-10,17H,4-8H2,1-3H3,(H2,16,19). The van der Waals surface area contributed by atoms with E-state index < -0.39 is 24.7 Å². The molecule has 0 spiro atoms. The summed E-state index contributed by atoms with van der Waals surface area (Å²) in [6, 6.07) is -0.809. The second-order valence-electron chi connectivity index (χ2n) is 4.88. The summed E-state index contributed by atoms with van der Waals surface area (Å²) in [5.41, 5.74) is 5.22. The van der Waals surface area contributed by atoms with Crippen molar-refractivity contribution in [1.29, 1.82) is 0 Å². The second kappa shape index (κ2) is 8.37. The number of amides is 1. The molecule has 0 radical (unpaired) electrons. The van der Waals surface area contributed by atoms with Gasteiger partial charge in [0, 0.05) is 12.6 Å². The quantitative estimate of drug-likeness (QED) is 0.674. The SMILES string of the molecule is CCCNC(CCN(CC(F)(F)F)C(C)C)C(N)=O. The van der Waals surface area contributed by atoms with Gasteiger partial charge in [0.05, 0.1) is 12.6 Å². The van der Waals surface area contributed by atoms with Crippen molar-refractivity contribution in [2.45, 2.75) is 51.9 Å². The van der Waals surface area contributed by atoms with E-state index in [4.69, 9.17) is 5.73 Å². The van der Waals surface area contributed by atoms with Gasteiger partial charge in [0.1, 0.15) is 0 Å². The minimum atomic E-state index is -4.23. The van der Waals surface area contributed by atoms with Crippen molar-refractivity contribution >= 4 is 5.91 Å². The lowest BCUT2D eigenvalue weighted by molar-refractivity contribution is -0.149. The third-order valence-corrected chi connectivity index (χ3v) is 2.80. The number of nitrogens with zero attached hydrogens (tertiary/aromatic N) is 1. The van der Waals surface area contributed by atoms with Crippen LogP contribution in [0.4, 0.5) is 13.2 Å². The zero-order valence-electron chi connectivity index (χ0n) is 11.8. The van der Waals surface area contributed by atoms with Gasteiger partial charge in [0.15, 0.2) is 0 Å². The second-order valence-corrected chi connectivity index (χ2v) is 4.88. The van der Waals surface area contributed by atoms with Crippen LogP contribution in [-0.4, -0.2) is 48.7 Å². The zero-order chi connectivity index (χ0) is 15.1. The summed E-state index contributed by atoms with van der Waals surface area (Å²) in [4.78, 5) is 12.5. The van der Waals surface area contributed by atoms with E-state index in [-0.39, 0.29) is 19.0 Å². The van der Waals surface area contributed by atoms with Gasteiger partial charge in [0.25, 0.3) is 0 Å². The van der Waals surface area contributed by atoms with E-state index in [1.54, 1.807) is 13.8 Å². The lowest BCUT2D eigenvalue weighted by Gasteiger charge is -2.28. The van der Waals surface area contributed by atoms with Gasteiger partial charge in [-0.2, -0.15) is 13.2 Å². The zero-order valence-corrected chi connectivity index (χ0v) is 11.8. The summed E-state index contributed by atoms with van der Waals surface area (Å²) >= 11 is 0. The molecule has 1 unspecified atom stereocenters. The molecular formula is C12H24F3N3O. The van der Waals surface area contributed by atoms with E-state index >= 15 is 0 Å². The summed E-state index contributed by atoms with van der Waals surface area (Å²) in [6.07, 6.45) is -3.12. The van der Waals surface area contributed by atoms with Crippen molar-refractivity contribution in [3.63, 3.8) is 0 Å². The van der Waals surface area contributed by atoms with E-state index in [2.05, 4.69) is 5.32 Å². The van der Waals surface area contributed by atoms with Gasteiger partial charge >= 0.3 is 6.18 Å². The molecule has 19 heavy (non-hydrogen) atoms. The summed E-state index contributed by atoms with van der Waals surface area (Å²) in [7, 11) is 0. The first-order chi connectivity index (χ1) is 8.67. The molecule has 7 heteroatoms. The van der Waals surface area contributed by atoms with Crippen molar-refractivity contribution in [3.8, 4) is 0 Å². The van der Waals surface area contributed by atoms with Crippen molar-refractivity contribution in [2.24, 2.45) is 5.73 Å². The van der Waals surface area contributed by atoms with Gasteiger partial charge in [0.2, 0.25) is 5.91 Å². The topological polar surface area (TPSA) is 58.4 Å². The van der Waals surface area contributed by atoms with Gasteiger partial charge in [-0.1, -0.05) is 6.92 Å². The number of primary amides is 1. The Labute approximate surface area is 112 Å². The van der Waals surface area contributed by atoms with Crippen LogP contribution in [0.1, 0.15) is 33.6 Å². The van der Waals surface area contributed by atoms with Crippen LogP contribution < -0.4 is 11.1 Å². The van der Waals surface area contributed by atoms with Crippen LogP contribution in [0.3, 0.4) is 0 Å². The maximum absolute atomic E-state index is 12.4. The Hall–Kier alpha value is -0.820. The summed E-state index contributed by atoms with van der Waals surface area (Å²) in [5, 5.41) is 2.94. The number of hydrogen-bond donors (Lipinski definition) is 2. The summed E-state index contributed by atoms with van der Waals surface area (Å²) in [6.45, 7) is 5.17. The molecule has 0 saturated carbocycles. The van der Waals surface area contributed by atoms with Crippen molar-refractivity contribution < 1.29 is 18.0 Å². The Balaban J connectivity index is 4.38. The highest BCUT2D eigenvalue weighted by molar-refractivity contribution is 5.79. The molecule has 0 saturated heterocycles. The van der Waals surface area contributed by atoms with Gasteiger partial charge in [-0.25, -0.2) is 0 Å². The normalized spacial score (nSPS) is 14.1. The van der Waals surface area contributed by atoms with E-state index in [1.165, 1.54) is 4.90 Å². The third-order valence-electron chi connectivity index (χ3n) is 2.80. The van der Waals surface area contributed by atoms with Crippen LogP contribution in [0, 0.1) is 0 Å². The minimum absolute atomic E-state index is 0.182. The lowest BCUT2D eigenvalue weighted by Crippen LogP contribution is -2.46. The van der Waals surface area contributed by atoms with Gasteiger partial charge in [-0.05, 0) is 33.2 Å². The highest BCUT2D eigenvalue weighted by Gasteiger charge is 2.32. The molecule has 0 aromatic carbocycles. The molecule has 4 nitrogen and oxygen atoms in total. The molecule has 0 fully saturated rings. The number of halogens is 3. The fourth-order valence-electron chi connectivity index (χ4n) is 1.71. The highest BCUT2D eigenvalue weighted by atomic mass is 19.4. The number of nitrogens with two attached hydrogens (primary N) is 1. The van der Waals surface area contributed by atoms with E-state index in [0.29, 0.717) is 6.54 Å². The Morgan fingerprint density at radius 1 is 1.37 bits per heavy atom. The summed E-state index contributed by atoms with van der Waals surface area (Å²) < 4.78 is 37.2. The molecule has 1 amide bonds.